The summed E-state index contributed by atoms with van der Waals surface area (Å²) in [5.74, 6) is -2.95. The standard InChI is InChI=1S/C16H16FNO3/c1-18(12-4-2-3-11(17)8-12)15(19)13-9-5-6-10(7-9)14(13)16(20)21/h2-6,8-10,13-14H,7H2,1H3,(H,20,21)/t9?,10?,13-,14+/m0/s1. The lowest BCUT2D eigenvalue weighted by Crippen LogP contribution is -2.41. The molecule has 0 radical (unpaired) electrons. The van der Waals surface area contributed by atoms with Gasteiger partial charge >= 0.3 is 5.97 Å². The fraction of sp³-hybridized carbons (Fsp3) is 0.375. The SMILES string of the molecule is CN(C(=O)[C@H]1C2C=CC(C2)[C@H]1C(=O)O)c1cccc(F)c1. The highest BCUT2D eigenvalue weighted by Gasteiger charge is 2.52. The van der Waals surface area contributed by atoms with Crippen molar-refractivity contribution in [3.63, 3.8) is 0 Å². The van der Waals surface area contributed by atoms with E-state index in [9.17, 15) is 19.1 Å². The number of halogens is 1. The summed E-state index contributed by atoms with van der Waals surface area (Å²) in [6, 6.07) is 5.75. The van der Waals surface area contributed by atoms with Gasteiger partial charge in [-0.2, -0.15) is 0 Å². The Morgan fingerprint density at radius 2 is 1.90 bits per heavy atom. The summed E-state index contributed by atoms with van der Waals surface area (Å²) in [5.41, 5.74) is 0.441. The lowest BCUT2D eigenvalue weighted by molar-refractivity contribution is -0.147. The molecule has 110 valence electrons. The molecule has 2 aliphatic carbocycles. The largest absolute Gasteiger partial charge is 0.481 e. The summed E-state index contributed by atoms with van der Waals surface area (Å²) in [4.78, 5) is 25.5. The van der Waals surface area contributed by atoms with E-state index in [-0.39, 0.29) is 17.7 Å². The van der Waals surface area contributed by atoms with Crippen molar-refractivity contribution in [3.8, 4) is 0 Å². The fourth-order valence-electron chi connectivity index (χ4n) is 3.53. The monoisotopic (exact) mass is 289 g/mol. The predicted octanol–water partition coefficient (Wildman–Crippen LogP) is 2.31. The Kier molecular flexibility index (Phi) is 3.27. The van der Waals surface area contributed by atoms with E-state index in [0.717, 1.165) is 0 Å². The average Bonchev–Trinajstić information content (AvgIpc) is 3.06. The lowest BCUT2D eigenvalue weighted by Gasteiger charge is -2.28. The van der Waals surface area contributed by atoms with Crippen LogP contribution in [0.3, 0.4) is 0 Å². The van der Waals surface area contributed by atoms with E-state index >= 15 is 0 Å². The number of anilines is 1. The number of aliphatic carboxylic acids is 1. The Morgan fingerprint density at radius 1 is 1.24 bits per heavy atom. The minimum Gasteiger partial charge on any atom is -0.481 e. The summed E-state index contributed by atoms with van der Waals surface area (Å²) < 4.78 is 13.3. The van der Waals surface area contributed by atoms with Crippen molar-refractivity contribution in [1.82, 2.24) is 0 Å². The molecule has 1 aromatic rings. The first-order chi connectivity index (χ1) is 9.99. The van der Waals surface area contributed by atoms with Crippen LogP contribution in [0.25, 0.3) is 0 Å². The second-order valence-corrected chi connectivity index (χ2v) is 5.72. The number of hydrogen-bond donors (Lipinski definition) is 1. The number of carbonyl (C=O) groups excluding carboxylic acids is 1. The van der Waals surface area contributed by atoms with Gasteiger partial charge in [-0.15, -0.1) is 0 Å². The van der Waals surface area contributed by atoms with Gasteiger partial charge in [-0.1, -0.05) is 18.2 Å². The molecule has 1 aromatic carbocycles. The van der Waals surface area contributed by atoms with Crippen LogP contribution in [0.2, 0.25) is 0 Å². The van der Waals surface area contributed by atoms with Crippen molar-refractivity contribution in [2.24, 2.45) is 23.7 Å². The molecule has 0 saturated heterocycles. The van der Waals surface area contributed by atoms with Gasteiger partial charge in [0, 0.05) is 12.7 Å². The lowest BCUT2D eigenvalue weighted by atomic mass is 9.82. The minimum absolute atomic E-state index is 0.0281. The number of benzene rings is 1. The molecule has 0 aliphatic heterocycles. The molecule has 4 nitrogen and oxygen atoms in total. The van der Waals surface area contributed by atoms with Crippen molar-refractivity contribution < 1.29 is 19.1 Å². The number of nitrogens with zero attached hydrogens (tertiary/aromatic N) is 1. The number of amides is 1. The molecule has 1 amide bonds. The van der Waals surface area contributed by atoms with E-state index in [1.807, 2.05) is 12.2 Å². The summed E-state index contributed by atoms with van der Waals surface area (Å²) in [6.45, 7) is 0. The highest BCUT2D eigenvalue weighted by molar-refractivity contribution is 5.97. The number of carboxylic acids is 1. The Labute approximate surface area is 121 Å². The second kappa shape index (κ2) is 4.98. The van der Waals surface area contributed by atoms with Crippen LogP contribution in [0, 0.1) is 29.5 Å². The first-order valence-corrected chi connectivity index (χ1v) is 6.93. The average molecular weight is 289 g/mol. The second-order valence-electron chi connectivity index (χ2n) is 5.72. The third kappa shape index (κ3) is 2.22. The van der Waals surface area contributed by atoms with Gasteiger partial charge in [0.15, 0.2) is 0 Å². The van der Waals surface area contributed by atoms with Crippen LogP contribution in [0.5, 0.6) is 0 Å². The predicted molar refractivity (Wildman–Crippen MR) is 75.2 cm³/mol. The summed E-state index contributed by atoms with van der Waals surface area (Å²) in [7, 11) is 1.56. The van der Waals surface area contributed by atoms with Crippen molar-refractivity contribution in [3.05, 3.63) is 42.2 Å². The van der Waals surface area contributed by atoms with E-state index < -0.39 is 23.6 Å². The van der Waals surface area contributed by atoms with Crippen molar-refractivity contribution >= 4 is 17.6 Å². The number of carboxylic acid groups (broad SMARTS) is 1. The van der Waals surface area contributed by atoms with Crippen LogP contribution < -0.4 is 4.90 Å². The molecule has 1 saturated carbocycles. The molecule has 21 heavy (non-hydrogen) atoms. The van der Waals surface area contributed by atoms with Gasteiger partial charge in [0.2, 0.25) is 5.91 Å². The molecule has 2 bridgehead atoms. The van der Waals surface area contributed by atoms with Crippen molar-refractivity contribution in [2.75, 3.05) is 11.9 Å². The van der Waals surface area contributed by atoms with Gasteiger partial charge in [-0.3, -0.25) is 9.59 Å². The van der Waals surface area contributed by atoms with E-state index in [1.54, 1.807) is 13.1 Å². The first kappa shape index (κ1) is 13.8. The maximum Gasteiger partial charge on any atom is 0.307 e. The van der Waals surface area contributed by atoms with Crippen LogP contribution >= 0.6 is 0 Å². The van der Waals surface area contributed by atoms with Gasteiger partial charge in [0.05, 0.1) is 11.8 Å². The number of allylic oxidation sites excluding steroid dienone is 2. The Morgan fingerprint density at radius 3 is 2.52 bits per heavy atom. The number of rotatable bonds is 3. The zero-order chi connectivity index (χ0) is 15.1. The Bertz CT molecular complexity index is 628. The third-order valence-electron chi connectivity index (χ3n) is 4.56. The van der Waals surface area contributed by atoms with E-state index in [2.05, 4.69) is 0 Å². The van der Waals surface area contributed by atoms with Crippen LogP contribution in [-0.4, -0.2) is 24.0 Å². The van der Waals surface area contributed by atoms with Crippen molar-refractivity contribution in [2.45, 2.75) is 6.42 Å². The van der Waals surface area contributed by atoms with Crippen molar-refractivity contribution in [1.29, 1.82) is 0 Å². The molecule has 5 heteroatoms. The van der Waals surface area contributed by atoms with E-state index in [0.29, 0.717) is 12.1 Å². The van der Waals surface area contributed by atoms with Gasteiger partial charge in [0.1, 0.15) is 5.82 Å². The quantitative estimate of drug-likeness (QED) is 0.869. The number of carbonyl (C=O) groups is 2. The molecule has 2 aliphatic rings. The van der Waals surface area contributed by atoms with E-state index in [1.165, 1.54) is 23.1 Å². The molecule has 3 rings (SSSR count). The summed E-state index contributed by atoms with van der Waals surface area (Å²) >= 11 is 0. The number of fused-ring (bicyclic) bond motifs is 2. The van der Waals surface area contributed by atoms with Crippen LogP contribution in [-0.2, 0) is 9.59 Å². The molecular weight excluding hydrogens is 273 g/mol. The first-order valence-electron chi connectivity index (χ1n) is 6.93. The van der Waals surface area contributed by atoms with Gasteiger partial charge < -0.3 is 10.0 Å². The fourth-order valence-corrected chi connectivity index (χ4v) is 3.53. The van der Waals surface area contributed by atoms with Crippen LogP contribution in [0.15, 0.2) is 36.4 Å². The maximum atomic E-state index is 13.3. The van der Waals surface area contributed by atoms with Gasteiger partial charge in [-0.05, 0) is 36.5 Å². The zero-order valence-corrected chi connectivity index (χ0v) is 11.6. The number of hydrogen-bond acceptors (Lipinski definition) is 2. The molecular formula is C16H16FNO3. The molecule has 1 N–H and O–H groups in total. The summed E-state index contributed by atoms with van der Waals surface area (Å²) in [6.07, 6.45) is 4.55. The molecule has 1 fully saturated rings. The molecule has 4 atom stereocenters. The Balaban J connectivity index is 1.87. The van der Waals surface area contributed by atoms with Crippen LogP contribution in [0.1, 0.15) is 6.42 Å². The smallest absolute Gasteiger partial charge is 0.307 e. The third-order valence-corrected chi connectivity index (χ3v) is 4.56. The maximum absolute atomic E-state index is 13.3. The van der Waals surface area contributed by atoms with E-state index in [4.69, 9.17) is 0 Å². The molecule has 0 spiro atoms. The van der Waals surface area contributed by atoms with Gasteiger partial charge in [-0.25, -0.2) is 4.39 Å². The Hall–Kier alpha value is -2.17. The topological polar surface area (TPSA) is 57.6 Å². The molecule has 0 heterocycles. The normalized spacial score (nSPS) is 29.6. The summed E-state index contributed by atoms with van der Waals surface area (Å²) in [5, 5.41) is 9.39. The molecule has 0 aromatic heterocycles. The highest BCUT2D eigenvalue weighted by atomic mass is 19.1. The zero-order valence-electron chi connectivity index (χ0n) is 11.6. The van der Waals surface area contributed by atoms with Crippen LogP contribution in [0.4, 0.5) is 10.1 Å². The van der Waals surface area contributed by atoms with Gasteiger partial charge in [0.25, 0.3) is 0 Å². The molecule has 2 unspecified atom stereocenters. The highest BCUT2D eigenvalue weighted by Crippen LogP contribution is 2.48. The minimum atomic E-state index is -0.933.